The van der Waals surface area contributed by atoms with Gasteiger partial charge in [0.05, 0.1) is 10.7 Å². The molecule has 0 amide bonds. The Morgan fingerprint density at radius 1 is 1.12 bits per heavy atom. The van der Waals surface area contributed by atoms with Crippen molar-refractivity contribution in [3.05, 3.63) is 98.0 Å². The summed E-state index contributed by atoms with van der Waals surface area (Å²) in [6.45, 7) is 2.16. The first-order chi connectivity index (χ1) is 15.4. The van der Waals surface area contributed by atoms with Crippen molar-refractivity contribution < 1.29 is 23.4 Å². The van der Waals surface area contributed by atoms with Gasteiger partial charge in [0.15, 0.2) is 17.2 Å². The second-order valence-electron chi connectivity index (χ2n) is 7.16. The molecule has 0 saturated heterocycles. The van der Waals surface area contributed by atoms with Gasteiger partial charge in [0.2, 0.25) is 5.90 Å². The van der Waals surface area contributed by atoms with Gasteiger partial charge in [0.1, 0.15) is 12.4 Å². The quantitative estimate of drug-likeness (QED) is 0.229. The van der Waals surface area contributed by atoms with Crippen LogP contribution in [-0.4, -0.2) is 19.0 Å². The van der Waals surface area contributed by atoms with Gasteiger partial charge in [-0.15, -0.1) is 0 Å². The number of hydrogen-bond donors (Lipinski definition) is 0. The summed E-state index contributed by atoms with van der Waals surface area (Å²) in [7, 11) is 1.54. The number of aliphatic imine (C=N–C) groups is 1. The van der Waals surface area contributed by atoms with Crippen LogP contribution in [0.25, 0.3) is 6.08 Å². The lowest BCUT2D eigenvalue weighted by Gasteiger charge is -2.14. The summed E-state index contributed by atoms with van der Waals surface area (Å²) in [5.74, 6) is 0.485. The molecule has 32 heavy (non-hydrogen) atoms. The molecule has 0 aliphatic carbocycles. The van der Waals surface area contributed by atoms with E-state index in [0.717, 1.165) is 14.7 Å². The molecule has 162 valence electrons. The molecule has 3 aromatic carbocycles. The third-order valence-corrected chi connectivity index (χ3v) is 5.51. The molecule has 4 rings (SSSR count). The number of esters is 1. The number of benzene rings is 3. The number of methoxy groups -OCH3 is 1. The zero-order valence-electron chi connectivity index (χ0n) is 17.4. The minimum atomic E-state index is -0.512. The van der Waals surface area contributed by atoms with Gasteiger partial charge < -0.3 is 14.2 Å². The van der Waals surface area contributed by atoms with Gasteiger partial charge in [-0.05, 0) is 83.1 Å². The van der Waals surface area contributed by atoms with Crippen LogP contribution in [0.4, 0.5) is 4.39 Å². The van der Waals surface area contributed by atoms with Crippen molar-refractivity contribution in [2.24, 2.45) is 4.99 Å². The average molecular weight is 543 g/mol. The summed E-state index contributed by atoms with van der Waals surface area (Å²) < 4.78 is 30.9. The van der Waals surface area contributed by atoms with E-state index in [1.165, 1.54) is 19.2 Å². The van der Waals surface area contributed by atoms with E-state index in [0.29, 0.717) is 22.6 Å². The number of cyclic esters (lactones) is 1. The molecule has 0 fully saturated rings. The zero-order chi connectivity index (χ0) is 22.7. The topological polar surface area (TPSA) is 57.1 Å². The summed E-state index contributed by atoms with van der Waals surface area (Å²) in [6.07, 6.45) is 1.65. The van der Waals surface area contributed by atoms with Crippen LogP contribution in [0.15, 0.2) is 71.4 Å². The van der Waals surface area contributed by atoms with E-state index >= 15 is 0 Å². The molecule has 0 bridgehead atoms. The third kappa shape index (κ3) is 4.99. The highest BCUT2D eigenvalue weighted by molar-refractivity contribution is 14.1. The summed E-state index contributed by atoms with van der Waals surface area (Å²) in [5.41, 5.74) is 3.42. The first kappa shape index (κ1) is 22.0. The predicted octanol–water partition coefficient (Wildman–Crippen LogP) is 5.67. The summed E-state index contributed by atoms with van der Waals surface area (Å²) in [4.78, 5) is 16.7. The van der Waals surface area contributed by atoms with Crippen LogP contribution >= 0.6 is 22.6 Å². The minimum Gasteiger partial charge on any atom is -0.493 e. The van der Waals surface area contributed by atoms with Crippen LogP contribution in [-0.2, 0) is 16.1 Å². The lowest BCUT2D eigenvalue weighted by Crippen LogP contribution is -2.05. The average Bonchev–Trinajstić information content (AvgIpc) is 3.13. The molecular weight excluding hydrogens is 524 g/mol. The van der Waals surface area contributed by atoms with E-state index in [2.05, 4.69) is 27.6 Å². The second kappa shape index (κ2) is 9.52. The van der Waals surface area contributed by atoms with E-state index in [4.69, 9.17) is 14.2 Å². The van der Waals surface area contributed by atoms with Crippen molar-refractivity contribution in [3.8, 4) is 11.5 Å². The van der Waals surface area contributed by atoms with E-state index in [9.17, 15) is 9.18 Å². The Bertz CT molecular complexity index is 1250. The molecule has 0 unspecified atom stereocenters. The highest BCUT2D eigenvalue weighted by Gasteiger charge is 2.24. The zero-order valence-corrected chi connectivity index (χ0v) is 19.6. The molecule has 3 aromatic rings. The molecule has 7 heteroatoms. The first-order valence-corrected chi connectivity index (χ1v) is 10.8. The molecule has 0 N–H and O–H groups in total. The predicted molar refractivity (Wildman–Crippen MR) is 128 cm³/mol. The van der Waals surface area contributed by atoms with Crippen LogP contribution in [0.1, 0.15) is 22.3 Å². The van der Waals surface area contributed by atoms with Gasteiger partial charge in [-0.3, -0.25) is 0 Å². The Morgan fingerprint density at radius 3 is 2.69 bits per heavy atom. The Kier molecular flexibility index (Phi) is 6.55. The van der Waals surface area contributed by atoms with E-state index in [1.807, 2.05) is 37.3 Å². The van der Waals surface area contributed by atoms with E-state index in [1.54, 1.807) is 24.3 Å². The summed E-state index contributed by atoms with van der Waals surface area (Å²) in [6, 6.07) is 17.4. The highest BCUT2D eigenvalue weighted by atomic mass is 127. The molecule has 1 aliphatic rings. The monoisotopic (exact) mass is 543 g/mol. The van der Waals surface area contributed by atoms with E-state index < -0.39 is 5.97 Å². The fourth-order valence-electron chi connectivity index (χ4n) is 3.21. The number of halogens is 2. The van der Waals surface area contributed by atoms with E-state index in [-0.39, 0.29) is 24.0 Å². The van der Waals surface area contributed by atoms with Gasteiger partial charge in [-0.25, -0.2) is 14.2 Å². The van der Waals surface area contributed by atoms with Crippen molar-refractivity contribution in [2.45, 2.75) is 13.5 Å². The lowest BCUT2D eigenvalue weighted by atomic mass is 10.1. The molecule has 0 saturated carbocycles. The number of nitrogens with zero attached hydrogens (tertiary/aromatic N) is 1. The standard InChI is InChI=1S/C25H19FINO4/c1-15-5-3-7-18(9-15)24-28-21(25(29)32-24)12-17-11-20(27)23(22(13-17)30-2)31-14-16-6-4-8-19(26)10-16/h3-13H,14H2,1-2H3/b21-12+. The van der Waals surface area contributed by atoms with Crippen molar-refractivity contribution >= 4 is 40.5 Å². The second-order valence-corrected chi connectivity index (χ2v) is 8.32. The lowest BCUT2D eigenvalue weighted by molar-refractivity contribution is -0.129. The maximum absolute atomic E-state index is 13.4. The largest absolute Gasteiger partial charge is 0.493 e. The van der Waals surface area contributed by atoms with Crippen molar-refractivity contribution in [1.29, 1.82) is 0 Å². The maximum Gasteiger partial charge on any atom is 0.363 e. The molecule has 5 nitrogen and oxygen atoms in total. The van der Waals surface area contributed by atoms with Crippen molar-refractivity contribution in [3.63, 3.8) is 0 Å². The fourth-order valence-corrected chi connectivity index (χ4v) is 4.00. The molecule has 0 radical (unpaired) electrons. The first-order valence-electron chi connectivity index (χ1n) is 9.77. The number of rotatable bonds is 6. The third-order valence-electron chi connectivity index (χ3n) is 4.71. The van der Waals surface area contributed by atoms with Crippen LogP contribution in [0.3, 0.4) is 0 Å². The van der Waals surface area contributed by atoms with Gasteiger partial charge in [0.25, 0.3) is 0 Å². The molecule has 0 atom stereocenters. The number of hydrogen-bond acceptors (Lipinski definition) is 5. The van der Waals surface area contributed by atoms with Crippen LogP contribution < -0.4 is 9.47 Å². The maximum atomic E-state index is 13.4. The number of carbonyl (C=O) groups is 1. The Labute approximate surface area is 198 Å². The molecular formula is C25H19FINO4. The number of carbonyl (C=O) groups excluding carboxylic acids is 1. The van der Waals surface area contributed by atoms with Gasteiger partial charge in [0, 0.05) is 5.56 Å². The number of aryl methyl sites for hydroxylation is 1. The Hall–Kier alpha value is -3.20. The van der Waals surface area contributed by atoms with Crippen molar-refractivity contribution in [2.75, 3.05) is 7.11 Å². The smallest absolute Gasteiger partial charge is 0.363 e. The normalized spacial score (nSPS) is 14.3. The van der Waals surface area contributed by atoms with Crippen LogP contribution in [0.5, 0.6) is 11.5 Å². The SMILES string of the molecule is COc1cc(/C=C2/N=C(c3cccc(C)c3)OC2=O)cc(I)c1OCc1cccc(F)c1. The van der Waals surface area contributed by atoms with Gasteiger partial charge in [-0.2, -0.15) is 0 Å². The van der Waals surface area contributed by atoms with Crippen LogP contribution in [0, 0.1) is 16.3 Å². The Balaban J connectivity index is 1.59. The molecule has 1 aliphatic heterocycles. The van der Waals surface area contributed by atoms with Gasteiger partial charge >= 0.3 is 5.97 Å². The molecule has 0 spiro atoms. The van der Waals surface area contributed by atoms with Crippen molar-refractivity contribution in [1.82, 2.24) is 0 Å². The molecule has 1 heterocycles. The number of ether oxygens (including phenoxy) is 3. The fraction of sp³-hybridized carbons (Fsp3) is 0.120. The highest BCUT2D eigenvalue weighted by Crippen LogP contribution is 2.35. The summed E-state index contributed by atoms with van der Waals surface area (Å²) in [5, 5.41) is 0. The minimum absolute atomic E-state index is 0.195. The van der Waals surface area contributed by atoms with Crippen LogP contribution in [0.2, 0.25) is 0 Å². The Morgan fingerprint density at radius 2 is 1.94 bits per heavy atom. The molecule has 0 aromatic heterocycles. The summed E-state index contributed by atoms with van der Waals surface area (Å²) >= 11 is 2.13. The van der Waals surface area contributed by atoms with Gasteiger partial charge in [-0.1, -0.05) is 29.8 Å².